The monoisotopic (exact) mass is 326 g/mol. The molecule has 0 fully saturated rings. The largest absolute Gasteiger partial charge is 0.416 e. The highest BCUT2D eigenvalue weighted by molar-refractivity contribution is 5.98. The smallest absolute Gasteiger partial charge is 0.351 e. The van der Waals surface area contributed by atoms with E-state index in [2.05, 4.69) is 10.3 Å². The number of carbonyl (C=O) groups excluding carboxylic acids is 2. The first-order valence-corrected chi connectivity index (χ1v) is 7.33. The number of amides is 1. The maximum absolute atomic E-state index is 12.7. The molecule has 0 saturated carbocycles. The first-order valence-electron chi connectivity index (χ1n) is 7.33. The molecular formula is C16H17F3N2O2. The highest BCUT2D eigenvalue weighted by atomic mass is 19.4. The Hall–Kier alpha value is -2.31. The van der Waals surface area contributed by atoms with Gasteiger partial charge in [-0.3, -0.25) is 4.79 Å². The summed E-state index contributed by atoms with van der Waals surface area (Å²) in [5.74, 6) is -0.356. The van der Waals surface area contributed by atoms with Crippen LogP contribution in [0.15, 0.2) is 24.3 Å². The second-order valence-corrected chi connectivity index (χ2v) is 5.25. The molecule has 0 aliphatic heterocycles. The van der Waals surface area contributed by atoms with E-state index in [1.54, 1.807) is 0 Å². The number of benzene rings is 1. The highest BCUT2D eigenvalue weighted by Gasteiger charge is 2.30. The molecule has 0 atom stereocenters. The number of fused-ring (bicyclic) bond motifs is 1. The molecule has 7 heteroatoms. The average molecular weight is 326 g/mol. The summed E-state index contributed by atoms with van der Waals surface area (Å²) in [4.78, 5) is 24.9. The maximum atomic E-state index is 12.7. The normalized spacial score (nSPS) is 11.6. The van der Waals surface area contributed by atoms with E-state index in [4.69, 9.17) is 0 Å². The first-order chi connectivity index (χ1) is 10.9. The lowest BCUT2D eigenvalue weighted by atomic mass is 10.1. The number of hydrogen-bond acceptors (Lipinski definition) is 2. The van der Waals surface area contributed by atoms with Gasteiger partial charge in [0.15, 0.2) is 0 Å². The summed E-state index contributed by atoms with van der Waals surface area (Å²) in [5.41, 5.74) is -0.0347. The van der Waals surface area contributed by atoms with Crippen LogP contribution in [0.1, 0.15) is 41.7 Å². The average Bonchev–Trinajstić information content (AvgIpc) is 2.92. The van der Waals surface area contributed by atoms with Crippen LogP contribution in [0, 0.1) is 0 Å². The standard InChI is InChI=1S/C16H17F3N2O2/c17-16(18,19)12-5-6-13-11(9-12)10-14(21-13)15(23)20-7-3-1-2-4-8-22/h5-6,8-10,21H,1-4,7H2,(H,20,23). The van der Waals surface area contributed by atoms with Gasteiger partial charge in [-0.1, -0.05) is 6.42 Å². The van der Waals surface area contributed by atoms with Crippen LogP contribution in [0.2, 0.25) is 0 Å². The van der Waals surface area contributed by atoms with Gasteiger partial charge in [-0.25, -0.2) is 0 Å². The second kappa shape index (κ2) is 7.30. The van der Waals surface area contributed by atoms with Crippen LogP contribution in [0.4, 0.5) is 13.2 Å². The molecule has 0 saturated heterocycles. The molecule has 0 unspecified atom stereocenters. The molecule has 2 N–H and O–H groups in total. The molecule has 1 aromatic heterocycles. The maximum Gasteiger partial charge on any atom is 0.416 e. The van der Waals surface area contributed by atoms with Crippen molar-refractivity contribution in [3.8, 4) is 0 Å². The molecule has 2 rings (SSSR count). The molecule has 1 amide bonds. The second-order valence-electron chi connectivity index (χ2n) is 5.25. The quantitative estimate of drug-likeness (QED) is 0.602. The van der Waals surface area contributed by atoms with Gasteiger partial charge >= 0.3 is 6.18 Å². The van der Waals surface area contributed by atoms with E-state index in [1.807, 2.05) is 0 Å². The van der Waals surface area contributed by atoms with Crippen molar-refractivity contribution in [1.82, 2.24) is 10.3 Å². The third-order valence-electron chi connectivity index (χ3n) is 3.48. The van der Waals surface area contributed by atoms with Gasteiger partial charge < -0.3 is 15.1 Å². The minimum absolute atomic E-state index is 0.229. The summed E-state index contributed by atoms with van der Waals surface area (Å²) in [6, 6.07) is 4.72. The Morgan fingerprint density at radius 2 is 1.96 bits per heavy atom. The number of aldehydes is 1. The first kappa shape index (κ1) is 17.1. The highest BCUT2D eigenvalue weighted by Crippen LogP contribution is 2.31. The van der Waals surface area contributed by atoms with Gasteiger partial charge in [0.1, 0.15) is 12.0 Å². The van der Waals surface area contributed by atoms with Crippen molar-refractivity contribution in [3.05, 3.63) is 35.5 Å². The fraction of sp³-hybridized carbons (Fsp3) is 0.375. The number of nitrogens with one attached hydrogen (secondary N) is 2. The molecule has 0 radical (unpaired) electrons. The Bertz CT molecular complexity index is 692. The lowest BCUT2D eigenvalue weighted by molar-refractivity contribution is -0.137. The number of unbranched alkanes of at least 4 members (excludes halogenated alkanes) is 3. The molecule has 0 aliphatic rings. The zero-order valence-electron chi connectivity index (χ0n) is 12.4. The zero-order valence-corrected chi connectivity index (χ0v) is 12.4. The van der Waals surface area contributed by atoms with E-state index in [0.717, 1.165) is 37.7 Å². The lowest BCUT2D eigenvalue weighted by Gasteiger charge is -2.05. The topological polar surface area (TPSA) is 62.0 Å². The van der Waals surface area contributed by atoms with Crippen LogP contribution < -0.4 is 5.32 Å². The van der Waals surface area contributed by atoms with Crippen LogP contribution >= 0.6 is 0 Å². The van der Waals surface area contributed by atoms with Crippen LogP contribution in [0.5, 0.6) is 0 Å². The van der Waals surface area contributed by atoms with E-state index < -0.39 is 11.7 Å². The molecule has 0 aliphatic carbocycles. The Morgan fingerprint density at radius 3 is 2.65 bits per heavy atom. The molecule has 2 aromatic rings. The van der Waals surface area contributed by atoms with Crippen LogP contribution in [0.25, 0.3) is 10.9 Å². The number of halogens is 3. The van der Waals surface area contributed by atoms with Gasteiger partial charge in [0.2, 0.25) is 0 Å². The Kier molecular flexibility index (Phi) is 5.41. The van der Waals surface area contributed by atoms with Gasteiger partial charge in [-0.2, -0.15) is 13.2 Å². The number of rotatable bonds is 7. The number of alkyl halides is 3. The van der Waals surface area contributed by atoms with E-state index in [0.29, 0.717) is 23.9 Å². The van der Waals surface area contributed by atoms with Crippen molar-refractivity contribution in [2.75, 3.05) is 6.54 Å². The van der Waals surface area contributed by atoms with Crippen molar-refractivity contribution < 1.29 is 22.8 Å². The van der Waals surface area contributed by atoms with E-state index in [-0.39, 0.29) is 11.6 Å². The minimum atomic E-state index is -4.41. The van der Waals surface area contributed by atoms with Crippen molar-refractivity contribution >= 4 is 23.1 Å². The molecule has 23 heavy (non-hydrogen) atoms. The molecule has 1 aromatic carbocycles. The van der Waals surface area contributed by atoms with Gasteiger partial charge in [-0.05, 0) is 37.1 Å². The summed E-state index contributed by atoms with van der Waals surface area (Å²) >= 11 is 0. The predicted molar refractivity (Wildman–Crippen MR) is 80.2 cm³/mol. The number of aromatic amines is 1. The van der Waals surface area contributed by atoms with E-state index in [1.165, 1.54) is 12.1 Å². The molecular weight excluding hydrogens is 309 g/mol. The summed E-state index contributed by atoms with van der Waals surface area (Å²) in [7, 11) is 0. The van der Waals surface area contributed by atoms with Crippen molar-refractivity contribution in [2.24, 2.45) is 0 Å². The number of hydrogen-bond donors (Lipinski definition) is 2. The van der Waals surface area contributed by atoms with Crippen molar-refractivity contribution in [1.29, 1.82) is 0 Å². The molecule has 0 bridgehead atoms. The van der Waals surface area contributed by atoms with Crippen molar-refractivity contribution in [3.63, 3.8) is 0 Å². The molecule has 124 valence electrons. The predicted octanol–water partition coefficient (Wildman–Crippen LogP) is 3.68. The third-order valence-corrected chi connectivity index (χ3v) is 3.48. The number of carbonyl (C=O) groups is 2. The summed E-state index contributed by atoms with van der Waals surface area (Å²) < 4.78 is 38.0. The minimum Gasteiger partial charge on any atom is -0.351 e. The Labute approximate surface area is 131 Å². The fourth-order valence-corrected chi connectivity index (χ4v) is 2.26. The van der Waals surface area contributed by atoms with Crippen LogP contribution in [-0.4, -0.2) is 23.7 Å². The Balaban J connectivity index is 1.97. The van der Waals surface area contributed by atoms with Gasteiger partial charge in [0.05, 0.1) is 5.56 Å². The number of H-pyrrole nitrogens is 1. The van der Waals surface area contributed by atoms with Crippen LogP contribution in [0.3, 0.4) is 0 Å². The third kappa shape index (κ3) is 4.58. The number of aromatic nitrogens is 1. The fourth-order valence-electron chi connectivity index (χ4n) is 2.26. The molecule has 4 nitrogen and oxygen atoms in total. The van der Waals surface area contributed by atoms with Crippen molar-refractivity contribution in [2.45, 2.75) is 31.9 Å². The molecule has 1 heterocycles. The summed E-state index contributed by atoms with van der Waals surface area (Å²) in [6.45, 7) is 0.459. The summed E-state index contributed by atoms with van der Waals surface area (Å²) in [6.07, 6.45) is -0.671. The lowest BCUT2D eigenvalue weighted by Crippen LogP contribution is -2.24. The zero-order chi connectivity index (χ0) is 16.9. The van der Waals surface area contributed by atoms with Gasteiger partial charge in [0.25, 0.3) is 5.91 Å². The molecule has 0 spiro atoms. The Morgan fingerprint density at radius 1 is 1.17 bits per heavy atom. The SMILES string of the molecule is O=CCCCCCNC(=O)c1cc2cc(C(F)(F)F)ccc2[nH]1. The van der Waals surface area contributed by atoms with E-state index >= 15 is 0 Å². The summed E-state index contributed by atoms with van der Waals surface area (Å²) in [5, 5.41) is 3.04. The van der Waals surface area contributed by atoms with E-state index in [9.17, 15) is 22.8 Å². The van der Waals surface area contributed by atoms with Gasteiger partial charge in [0, 0.05) is 23.9 Å². The van der Waals surface area contributed by atoms with Crippen LogP contribution in [-0.2, 0) is 11.0 Å². The van der Waals surface area contributed by atoms with Gasteiger partial charge in [-0.15, -0.1) is 0 Å².